The predicted molar refractivity (Wildman–Crippen MR) is 89.4 cm³/mol. The molecule has 0 bridgehead atoms. The Balaban J connectivity index is 1.93. The summed E-state index contributed by atoms with van der Waals surface area (Å²) in [5.74, 6) is -0.296. The minimum atomic E-state index is -0.667. The maximum absolute atomic E-state index is 13.2. The van der Waals surface area contributed by atoms with Gasteiger partial charge >= 0.3 is 0 Å². The smallest absolute Gasteiger partial charge is 0.144 e. The molecule has 1 fully saturated rings. The molecular formula is C17H15ClFN3O. The fourth-order valence-electron chi connectivity index (χ4n) is 2.60. The van der Waals surface area contributed by atoms with Crippen molar-refractivity contribution in [1.29, 1.82) is 0 Å². The molecule has 23 heavy (non-hydrogen) atoms. The molecule has 2 aromatic rings. The van der Waals surface area contributed by atoms with Gasteiger partial charge in [-0.05, 0) is 23.8 Å². The van der Waals surface area contributed by atoms with Crippen molar-refractivity contribution in [3.05, 3.63) is 70.5 Å². The van der Waals surface area contributed by atoms with Crippen LogP contribution in [0.3, 0.4) is 0 Å². The average Bonchev–Trinajstić information content (AvgIpc) is 3.28. The topological polar surface area (TPSA) is 63.3 Å². The summed E-state index contributed by atoms with van der Waals surface area (Å²) in [5.41, 5.74) is 6.25. The zero-order valence-electron chi connectivity index (χ0n) is 12.2. The summed E-state index contributed by atoms with van der Waals surface area (Å²) < 4.78 is 19.2. The second-order valence-corrected chi connectivity index (χ2v) is 5.58. The molecule has 2 aromatic carbocycles. The van der Waals surface area contributed by atoms with Crippen molar-refractivity contribution in [2.75, 3.05) is 6.54 Å². The van der Waals surface area contributed by atoms with E-state index in [1.807, 2.05) is 24.3 Å². The summed E-state index contributed by atoms with van der Waals surface area (Å²) in [6, 6.07) is 13.7. The average molecular weight is 332 g/mol. The number of ether oxygens (including phenoxy) is 1. The van der Waals surface area contributed by atoms with Gasteiger partial charge in [-0.2, -0.15) is 0 Å². The van der Waals surface area contributed by atoms with Crippen molar-refractivity contribution >= 4 is 24.3 Å². The van der Waals surface area contributed by atoms with Crippen LogP contribution in [0.4, 0.5) is 4.39 Å². The highest BCUT2D eigenvalue weighted by atomic mass is 35.5. The van der Waals surface area contributed by atoms with Gasteiger partial charge in [-0.25, -0.2) is 9.38 Å². The van der Waals surface area contributed by atoms with Gasteiger partial charge in [-0.3, -0.25) is 4.99 Å². The number of hydrogen-bond acceptors (Lipinski definition) is 2. The SMILES string of the molecule is NC=NC=NCC1(c2ccc(F)cc2)OC1c1ccccc1Cl. The van der Waals surface area contributed by atoms with Gasteiger partial charge in [-0.15, -0.1) is 0 Å². The summed E-state index contributed by atoms with van der Waals surface area (Å²) in [6.45, 7) is 0.339. The molecule has 118 valence electrons. The number of halogens is 2. The van der Waals surface area contributed by atoms with E-state index in [1.165, 1.54) is 18.5 Å². The van der Waals surface area contributed by atoms with Crippen molar-refractivity contribution in [1.82, 2.24) is 0 Å². The van der Waals surface area contributed by atoms with E-state index in [2.05, 4.69) is 9.98 Å². The lowest BCUT2D eigenvalue weighted by Gasteiger charge is -2.11. The van der Waals surface area contributed by atoms with Crippen molar-refractivity contribution in [2.45, 2.75) is 11.7 Å². The molecule has 0 aliphatic carbocycles. The van der Waals surface area contributed by atoms with Crippen LogP contribution < -0.4 is 5.73 Å². The highest BCUT2D eigenvalue weighted by Crippen LogP contribution is 2.58. The van der Waals surface area contributed by atoms with Crippen molar-refractivity contribution in [3.8, 4) is 0 Å². The molecule has 0 radical (unpaired) electrons. The molecule has 1 heterocycles. The lowest BCUT2D eigenvalue weighted by Crippen LogP contribution is -2.15. The molecule has 1 aliphatic rings. The first kappa shape index (κ1) is 15.6. The number of epoxide rings is 1. The van der Waals surface area contributed by atoms with E-state index >= 15 is 0 Å². The second kappa shape index (κ2) is 6.48. The van der Waals surface area contributed by atoms with Crippen LogP contribution in [0.1, 0.15) is 17.2 Å². The minimum Gasteiger partial charge on any atom is -0.390 e. The van der Waals surface area contributed by atoms with Crippen LogP contribution in [0.25, 0.3) is 0 Å². The van der Waals surface area contributed by atoms with Gasteiger partial charge in [0.15, 0.2) is 0 Å². The first-order valence-corrected chi connectivity index (χ1v) is 7.45. The van der Waals surface area contributed by atoms with Gasteiger partial charge in [0.2, 0.25) is 0 Å². The molecule has 3 rings (SSSR count). The van der Waals surface area contributed by atoms with E-state index in [4.69, 9.17) is 22.1 Å². The van der Waals surface area contributed by atoms with Crippen LogP contribution >= 0.6 is 11.6 Å². The maximum Gasteiger partial charge on any atom is 0.144 e. The first-order chi connectivity index (χ1) is 11.2. The Morgan fingerprint density at radius 1 is 1.22 bits per heavy atom. The van der Waals surface area contributed by atoms with Crippen LogP contribution in [0, 0.1) is 5.82 Å². The van der Waals surface area contributed by atoms with E-state index in [0.29, 0.717) is 11.6 Å². The Labute approximate surface area is 138 Å². The predicted octanol–water partition coefficient (Wildman–Crippen LogP) is 3.46. The number of benzene rings is 2. The van der Waals surface area contributed by atoms with E-state index in [9.17, 15) is 4.39 Å². The zero-order chi connectivity index (χ0) is 16.3. The molecular weight excluding hydrogens is 317 g/mol. The summed E-state index contributed by atoms with van der Waals surface area (Å²) in [5, 5.41) is 0.630. The van der Waals surface area contributed by atoms with Gasteiger partial charge < -0.3 is 10.5 Å². The minimum absolute atomic E-state index is 0.235. The third kappa shape index (κ3) is 3.11. The molecule has 0 amide bonds. The molecule has 2 N–H and O–H groups in total. The summed E-state index contributed by atoms with van der Waals surface area (Å²) in [7, 11) is 0. The van der Waals surface area contributed by atoms with Crippen molar-refractivity contribution < 1.29 is 9.13 Å². The molecule has 1 saturated heterocycles. The number of nitrogens with two attached hydrogens (primary N) is 1. The van der Waals surface area contributed by atoms with E-state index in [-0.39, 0.29) is 11.9 Å². The Morgan fingerprint density at radius 3 is 2.65 bits per heavy atom. The van der Waals surface area contributed by atoms with Crippen LogP contribution in [-0.2, 0) is 10.3 Å². The van der Waals surface area contributed by atoms with Crippen molar-refractivity contribution in [2.24, 2.45) is 15.7 Å². The van der Waals surface area contributed by atoms with Crippen LogP contribution in [-0.4, -0.2) is 19.2 Å². The molecule has 0 saturated carbocycles. The number of nitrogens with zero attached hydrogens (tertiary/aromatic N) is 2. The molecule has 1 aliphatic heterocycles. The molecule has 4 nitrogen and oxygen atoms in total. The second-order valence-electron chi connectivity index (χ2n) is 5.17. The lowest BCUT2D eigenvalue weighted by molar-refractivity contribution is 0.302. The lowest BCUT2D eigenvalue weighted by atomic mass is 9.91. The fraction of sp³-hybridized carbons (Fsp3) is 0.176. The van der Waals surface area contributed by atoms with Gasteiger partial charge in [-0.1, -0.05) is 41.9 Å². The van der Waals surface area contributed by atoms with E-state index in [0.717, 1.165) is 17.5 Å². The van der Waals surface area contributed by atoms with E-state index in [1.54, 1.807) is 12.1 Å². The van der Waals surface area contributed by atoms with Gasteiger partial charge in [0, 0.05) is 10.6 Å². The summed E-state index contributed by atoms with van der Waals surface area (Å²) in [4.78, 5) is 7.98. The molecule has 6 heteroatoms. The van der Waals surface area contributed by atoms with Gasteiger partial charge in [0.1, 0.15) is 23.9 Å². The highest BCUT2D eigenvalue weighted by Gasteiger charge is 2.59. The van der Waals surface area contributed by atoms with E-state index < -0.39 is 5.60 Å². The number of hydrogen-bond donors (Lipinski definition) is 1. The largest absolute Gasteiger partial charge is 0.390 e. The molecule has 0 spiro atoms. The normalized spacial score (nSPS) is 23.7. The monoisotopic (exact) mass is 331 g/mol. The quantitative estimate of drug-likeness (QED) is 0.518. The third-order valence-corrected chi connectivity index (χ3v) is 4.12. The summed E-state index contributed by atoms with van der Waals surface area (Å²) >= 11 is 6.26. The Hall–Kier alpha value is -2.24. The Kier molecular flexibility index (Phi) is 4.41. The van der Waals surface area contributed by atoms with Gasteiger partial charge in [0.25, 0.3) is 0 Å². The van der Waals surface area contributed by atoms with Crippen molar-refractivity contribution in [3.63, 3.8) is 0 Å². The van der Waals surface area contributed by atoms with Crippen LogP contribution in [0.5, 0.6) is 0 Å². The standard InChI is InChI=1S/C17H15ClFN3O/c18-15-4-2-1-3-14(15)16-17(23-16,9-21-11-22-10-20)12-5-7-13(19)8-6-12/h1-8,10-11,16H,9H2,(H2,20,21,22). The number of aliphatic imine (C=N–C) groups is 2. The van der Waals surface area contributed by atoms with Crippen LogP contribution in [0.2, 0.25) is 5.02 Å². The van der Waals surface area contributed by atoms with Gasteiger partial charge in [0.05, 0.1) is 12.9 Å². The maximum atomic E-state index is 13.2. The third-order valence-electron chi connectivity index (χ3n) is 3.78. The summed E-state index contributed by atoms with van der Waals surface area (Å²) in [6.07, 6.45) is 2.30. The Bertz CT molecular complexity index is 748. The molecule has 2 atom stereocenters. The highest BCUT2D eigenvalue weighted by molar-refractivity contribution is 6.31. The number of rotatable bonds is 5. The molecule has 0 aromatic heterocycles. The zero-order valence-corrected chi connectivity index (χ0v) is 12.9. The fourth-order valence-corrected chi connectivity index (χ4v) is 2.84. The Morgan fingerprint density at radius 2 is 1.96 bits per heavy atom. The first-order valence-electron chi connectivity index (χ1n) is 7.07. The van der Waals surface area contributed by atoms with Crippen LogP contribution in [0.15, 0.2) is 58.5 Å². The molecule has 2 unspecified atom stereocenters.